The lowest BCUT2D eigenvalue weighted by molar-refractivity contribution is -0.134. The van der Waals surface area contributed by atoms with Crippen LogP contribution in [0.15, 0.2) is 47.6 Å². The predicted molar refractivity (Wildman–Crippen MR) is 120 cm³/mol. The molecule has 2 aliphatic heterocycles. The summed E-state index contributed by atoms with van der Waals surface area (Å²) in [7, 11) is 1.68. The van der Waals surface area contributed by atoms with Gasteiger partial charge in [-0.15, -0.1) is 0 Å². The standard InChI is InChI=1S/C25H31N3O2/c1-18-11-12-19(2)21(15-18)23-16-22(20-9-5-6-10-24(20)30-3)26-28(23)25(29)17-27-13-7-4-8-14-27/h5-6,9-12,15,23H,4,7-8,13-14,16-17H2,1-3H3/t23-/m0/s1. The van der Waals surface area contributed by atoms with Crippen molar-refractivity contribution in [1.29, 1.82) is 0 Å². The average Bonchev–Trinajstić information content (AvgIpc) is 3.21. The maximum Gasteiger partial charge on any atom is 0.257 e. The summed E-state index contributed by atoms with van der Waals surface area (Å²) in [6, 6.07) is 14.3. The zero-order valence-corrected chi connectivity index (χ0v) is 18.2. The minimum atomic E-state index is -0.0814. The highest BCUT2D eigenvalue weighted by Gasteiger charge is 2.35. The third kappa shape index (κ3) is 4.26. The largest absolute Gasteiger partial charge is 0.496 e. The number of piperidine rings is 1. The van der Waals surface area contributed by atoms with Gasteiger partial charge in [-0.05, 0) is 63.0 Å². The van der Waals surface area contributed by atoms with Crippen LogP contribution in [0.2, 0.25) is 0 Å². The number of hydrogen-bond acceptors (Lipinski definition) is 4. The number of methoxy groups -OCH3 is 1. The summed E-state index contributed by atoms with van der Waals surface area (Å²) >= 11 is 0. The highest BCUT2D eigenvalue weighted by atomic mass is 16.5. The molecule has 4 rings (SSSR count). The molecule has 1 fully saturated rings. The number of benzene rings is 2. The third-order valence-electron chi connectivity index (χ3n) is 6.19. The highest BCUT2D eigenvalue weighted by molar-refractivity contribution is 6.05. The van der Waals surface area contributed by atoms with Crippen molar-refractivity contribution in [3.63, 3.8) is 0 Å². The van der Waals surface area contributed by atoms with E-state index in [9.17, 15) is 4.79 Å². The molecule has 0 aromatic heterocycles. The van der Waals surface area contributed by atoms with Gasteiger partial charge in [0.15, 0.2) is 0 Å². The fraction of sp³-hybridized carbons (Fsp3) is 0.440. The number of para-hydroxylation sites is 1. The van der Waals surface area contributed by atoms with Gasteiger partial charge in [0.25, 0.3) is 5.91 Å². The molecule has 5 nitrogen and oxygen atoms in total. The Bertz CT molecular complexity index is 947. The number of rotatable bonds is 5. The quantitative estimate of drug-likeness (QED) is 0.737. The van der Waals surface area contributed by atoms with Crippen LogP contribution in [-0.4, -0.2) is 48.3 Å². The van der Waals surface area contributed by atoms with E-state index in [2.05, 4.69) is 36.9 Å². The van der Waals surface area contributed by atoms with E-state index in [4.69, 9.17) is 9.84 Å². The van der Waals surface area contributed by atoms with Crippen LogP contribution in [0.25, 0.3) is 0 Å². The Kier molecular flexibility index (Phi) is 6.18. The second kappa shape index (κ2) is 9.00. The van der Waals surface area contributed by atoms with Gasteiger partial charge < -0.3 is 4.74 Å². The monoisotopic (exact) mass is 405 g/mol. The van der Waals surface area contributed by atoms with Crippen LogP contribution in [0.5, 0.6) is 5.75 Å². The lowest BCUT2D eigenvalue weighted by Gasteiger charge is -2.29. The van der Waals surface area contributed by atoms with Crippen LogP contribution in [0.4, 0.5) is 0 Å². The number of ether oxygens (including phenoxy) is 1. The fourth-order valence-corrected chi connectivity index (χ4v) is 4.53. The molecule has 1 atom stereocenters. The van der Waals surface area contributed by atoms with E-state index < -0.39 is 0 Å². The van der Waals surface area contributed by atoms with Crippen molar-refractivity contribution in [3.8, 4) is 5.75 Å². The summed E-state index contributed by atoms with van der Waals surface area (Å²) in [4.78, 5) is 15.6. The van der Waals surface area contributed by atoms with Gasteiger partial charge in [0.1, 0.15) is 5.75 Å². The van der Waals surface area contributed by atoms with Crippen molar-refractivity contribution in [1.82, 2.24) is 9.91 Å². The minimum Gasteiger partial charge on any atom is -0.496 e. The molecule has 2 aromatic carbocycles. The van der Waals surface area contributed by atoms with Crippen LogP contribution < -0.4 is 4.74 Å². The molecular weight excluding hydrogens is 374 g/mol. The van der Waals surface area contributed by atoms with Gasteiger partial charge in [0, 0.05) is 12.0 Å². The Morgan fingerprint density at radius 3 is 2.63 bits per heavy atom. The first kappa shape index (κ1) is 20.6. The summed E-state index contributed by atoms with van der Waals surface area (Å²) < 4.78 is 5.57. The summed E-state index contributed by atoms with van der Waals surface area (Å²) in [5, 5.41) is 6.59. The van der Waals surface area contributed by atoms with Crippen molar-refractivity contribution in [2.75, 3.05) is 26.7 Å². The van der Waals surface area contributed by atoms with Crippen molar-refractivity contribution >= 4 is 11.6 Å². The first-order valence-corrected chi connectivity index (χ1v) is 10.9. The van der Waals surface area contributed by atoms with E-state index in [-0.39, 0.29) is 11.9 Å². The maximum atomic E-state index is 13.4. The van der Waals surface area contributed by atoms with Gasteiger partial charge in [-0.1, -0.05) is 42.3 Å². The Morgan fingerprint density at radius 1 is 1.10 bits per heavy atom. The normalized spacial score (nSPS) is 19.6. The second-order valence-corrected chi connectivity index (χ2v) is 8.40. The second-order valence-electron chi connectivity index (χ2n) is 8.40. The molecule has 0 radical (unpaired) electrons. The van der Waals surface area contributed by atoms with Crippen molar-refractivity contribution < 1.29 is 9.53 Å². The topological polar surface area (TPSA) is 45.1 Å². The van der Waals surface area contributed by atoms with Crippen LogP contribution in [0.3, 0.4) is 0 Å². The average molecular weight is 406 g/mol. The molecule has 0 unspecified atom stereocenters. The summed E-state index contributed by atoms with van der Waals surface area (Å²) in [5.41, 5.74) is 5.44. The van der Waals surface area contributed by atoms with Crippen molar-refractivity contribution in [2.24, 2.45) is 5.10 Å². The summed E-state index contributed by atoms with van der Waals surface area (Å²) in [6.45, 7) is 6.64. The first-order valence-electron chi connectivity index (χ1n) is 10.9. The van der Waals surface area contributed by atoms with Gasteiger partial charge in [-0.3, -0.25) is 9.69 Å². The molecule has 5 heteroatoms. The number of nitrogens with zero attached hydrogens (tertiary/aromatic N) is 3. The van der Waals surface area contributed by atoms with E-state index >= 15 is 0 Å². The highest BCUT2D eigenvalue weighted by Crippen LogP contribution is 2.36. The molecule has 1 amide bonds. The minimum absolute atomic E-state index is 0.0766. The summed E-state index contributed by atoms with van der Waals surface area (Å²) in [6.07, 6.45) is 4.29. The molecule has 158 valence electrons. The molecule has 30 heavy (non-hydrogen) atoms. The van der Waals surface area contributed by atoms with E-state index in [1.807, 2.05) is 24.3 Å². The molecule has 1 saturated heterocycles. The van der Waals surface area contributed by atoms with Gasteiger partial charge in [-0.2, -0.15) is 5.10 Å². The smallest absolute Gasteiger partial charge is 0.257 e. The van der Waals surface area contributed by atoms with E-state index in [1.165, 1.54) is 36.0 Å². The summed E-state index contributed by atoms with van der Waals surface area (Å²) in [5.74, 6) is 0.869. The molecule has 2 aliphatic rings. The number of hydrazone groups is 1. The first-order chi connectivity index (χ1) is 14.6. The predicted octanol–water partition coefficient (Wildman–Crippen LogP) is 4.48. The number of likely N-dealkylation sites (tertiary alicyclic amines) is 1. The van der Waals surface area contributed by atoms with Crippen LogP contribution in [0, 0.1) is 13.8 Å². The van der Waals surface area contributed by atoms with E-state index in [0.29, 0.717) is 13.0 Å². The van der Waals surface area contributed by atoms with Gasteiger partial charge in [-0.25, -0.2) is 5.01 Å². The number of hydrogen-bond donors (Lipinski definition) is 0. The van der Waals surface area contributed by atoms with Crippen LogP contribution in [0.1, 0.15) is 54.0 Å². The van der Waals surface area contributed by atoms with Gasteiger partial charge >= 0.3 is 0 Å². The molecule has 0 spiro atoms. The van der Waals surface area contributed by atoms with Crippen LogP contribution in [-0.2, 0) is 4.79 Å². The molecule has 0 bridgehead atoms. The Balaban J connectivity index is 1.67. The lowest BCUT2D eigenvalue weighted by Crippen LogP contribution is -2.40. The molecule has 0 N–H and O–H groups in total. The van der Waals surface area contributed by atoms with Gasteiger partial charge in [0.2, 0.25) is 0 Å². The zero-order chi connectivity index (χ0) is 21.1. The molecule has 0 aliphatic carbocycles. The number of carbonyl (C=O) groups excluding carboxylic acids is 1. The number of amides is 1. The Morgan fingerprint density at radius 2 is 1.87 bits per heavy atom. The molecule has 2 heterocycles. The van der Waals surface area contributed by atoms with Crippen molar-refractivity contribution in [3.05, 3.63) is 64.7 Å². The molecular formula is C25H31N3O2. The van der Waals surface area contributed by atoms with Gasteiger partial charge in [0.05, 0.1) is 25.4 Å². The maximum absolute atomic E-state index is 13.4. The zero-order valence-electron chi connectivity index (χ0n) is 18.2. The number of aryl methyl sites for hydroxylation is 2. The fourth-order valence-electron chi connectivity index (χ4n) is 4.53. The third-order valence-corrected chi connectivity index (χ3v) is 6.19. The van der Waals surface area contributed by atoms with Crippen molar-refractivity contribution in [2.45, 2.75) is 45.6 Å². The Hall–Kier alpha value is -2.66. The van der Waals surface area contributed by atoms with Crippen LogP contribution >= 0.6 is 0 Å². The lowest BCUT2D eigenvalue weighted by atomic mass is 9.93. The van der Waals surface area contributed by atoms with E-state index in [0.717, 1.165) is 30.1 Å². The molecule has 0 saturated carbocycles. The SMILES string of the molecule is COc1ccccc1C1=NN(C(=O)CN2CCCCC2)[C@H](c2cc(C)ccc2C)C1. The molecule has 2 aromatic rings. The van der Waals surface area contributed by atoms with E-state index in [1.54, 1.807) is 12.1 Å². The Labute approximate surface area is 179 Å². The number of carbonyl (C=O) groups is 1.